The van der Waals surface area contributed by atoms with Crippen LogP contribution in [-0.4, -0.2) is 28.2 Å². The van der Waals surface area contributed by atoms with Crippen molar-refractivity contribution in [2.45, 2.75) is 20.8 Å². The first kappa shape index (κ1) is 18.7. The van der Waals surface area contributed by atoms with Crippen LogP contribution < -0.4 is 10.5 Å². The summed E-state index contributed by atoms with van der Waals surface area (Å²) in [6, 6.07) is 6.92. The maximum Gasteiger partial charge on any atom is 0.358 e. The zero-order valence-electron chi connectivity index (χ0n) is 15.0. The number of nitrogen functional groups attached to an aromatic ring is 1. The Morgan fingerprint density at radius 3 is 2.63 bits per heavy atom. The Morgan fingerprint density at radius 2 is 1.96 bits per heavy atom. The fourth-order valence-electron chi connectivity index (χ4n) is 2.46. The Morgan fingerprint density at radius 1 is 1.22 bits per heavy atom. The molecule has 0 aliphatic carbocycles. The van der Waals surface area contributed by atoms with Gasteiger partial charge in [0, 0.05) is 17.0 Å². The molecule has 0 fully saturated rings. The van der Waals surface area contributed by atoms with Gasteiger partial charge in [-0.25, -0.2) is 9.71 Å². The Hall–Kier alpha value is -3.09. The van der Waals surface area contributed by atoms with Crippen molar-refractivity contribution in [3.8, 4) is 23.0 Å². The number of pyridine rings is 1. The van der Waals surface area contributed by atoms with Gasteiger partial charge >= 0.3 is 10.3 Å². The molecule has 0 spiro atoms. The van der Waals surface area contributed by atoms with Crippen LogP contribution in [0.15, 0.2) is 30.5 Å². The maximum atomic E-state index is 11.0. The van der Waals surface area contributed by atoms with Crippen LogP contribution >= 0.6 is 0 Å². The van der Waals surface area contributed by atoms with Crippen molar-refractivity contribution in [3.05, 3.63) is 36.0 Å². The first-order chi connectivity index (χ1) is 12.5. The number of benzene rings is 1. The third kappa shape index (κ3) is 4.55. The van der Waals surface area contributed by atoms with Gasteiger partial charge < -0.3 is 5.73 Å². The Bertz CT molecular complexity index is 1180. The predicted octanol–water partition coefficient (Wildman–Crippen LogP) is 2.82. The molecule has 2 heterocycles. The van der Waals surface area contributed by atoms with E-state index in [2.05, 4.69) is 27.0 Å². The van der Waals surface area contributed by atoms with Gasteiger partial charge in [0.1, 0.15) is 5.82 Å². The van der Waals surface area contributed by atoms with Crippen molar-refractivity contribution in [2.75, 3.05) is 10.5 Å². The van der Waals surface area contributed by atoms with Gasteiger partial charge in [0.15, 0.2) is 5.82 Å². The van der Waals surface area contributed by atoms with E-state index >= 15 is 0 Å². The number of hydrogen-bond acceptors (Lipinski definition) is 5. The van der Waals surface area contributed by atoms with E-state index in [-0.39, 0.29) is 11.2 Å². The number of fused-ring (bicyclic) bond motifs is 1. The van der Waals surface area contributed by atoms with E-state index < -0.39 is 10.3 Å². The smallest absolute Gasteiger partial charge is 0.358 e. The number of H-pyrrole nitrogens is 1. The lowest BCUT2D eigenvalue weighted by Gasteiger charge is -2.09. The summed E-state index contributed by atoms with van der Waals surface area (Å²) in [7, 11) is -4.41. The van der Waals surface area contributed by atoms with Crippen molar-refractivity contribution >= 4 is 32.8 Å². The molecular formula is C18H19N5O3S. The number of nitrogens with zero attached hydrogens (tertiary/aromatic N) is 2. The summed E-state index contributed by atoms with van der Waals surface area (Å²) in [5.74, 6) is 6.69. The van der Waals surface area contributed by atoms with Crippen LogP contribution in [0.4, 0.5) is 11.6 Å². The second-order valence-electron chi connectivity index (χ2n) is 7.06. The van der Waals surface area contributed by atoms with Gasteiger partial charge in [-0.05, 0) is 56.2 Å². The summed E-state index contributed by atoms with van der Waals surface area (Å²) in [6.07, 6.45) is 1.44. The van der Waals surface area contributed by atoms with Crippen molar-refractivity contribution < 1.29 is 13.0 Å². The lowest BCUT2D eigenvalue weighted by Crippen LogP contribution is -2.11. The molecule has 0 aliphatic heterocycles. The fraction of sp³-hybridized carbons (Fsp3) is 0.222. The molecular weight excluding hydrogens is 366 g/mol. The van der Waals surface area contributed by atoms with Gasteiger partial charge in [-0.2, -0.15) is 13.5 Å². The van der Waals surface area contributed by atoms with Crippen LogP contribution in [0, 0.1) is 17.3 Å². The van der Waals surface area contributed by atoms with Gasteiger partial charge in [0.25, 0.3) is 0 Å². The van der Waals surface area contributed by atoms with Crippen LogP contribution in [-0.2, 0) is 10.3 Å². The van der Waals surface area contributed by atoms with Gasteiger partial charge in [-0.15, -0.1) is 0 Å². The average molecular weight is 385 g/mol. The molecule has 0 amide bonds. The molecule has 3 aromatic rings. The number of aromatic nitrogens is 3. The van der Waals surface area contributed by atoms with E-state index in [1.807, 2.05) is 37.6 Å². The van der Waals surface area contributed by atoms with Crippen LogP contribution in [0.2, 0.25) is 0 Å². The molecule has 5 N–H and O–H groups in total. The number of rotatable bonds is 3. The van der Waals surface area contributed by atoms with Crippen molar-refractivity contribution in [1.29, 1.82) is 0 Å². The normalized spacial score (nSPS) is 11.9. The highest BCUT2D eigenvalue weighted by Crippen LogP contribution is 2.30. The highest BCUT2D eigenvalue weighted by Gasteiger charge is 2.12. The van der Waals surface area contributed by atoms with E-state index in [1.54, 1.807) is 6.07 Å². The largest absolute Gasteiger partial charge is 0.382 e. The van der Waals surface area contributed by atoms with Gasteiger partial charge in [-0.1, -0.05) is 11.8 Å². The summed E-state index contributed by atoms with van der Waals surface area (Å²) in [6.45, 7) is 6.04. The van der Waals surface area contributed by atoms with Crippen molar-refractivity contribution in [1.82, 2.24) is 15.2 Å². The van der Waals surface area contributed by atoms with Gasteiger partial charge in [-0.3, -0.25) is 9.65 Å². The molecule has 0 unspecified atom stereocenters. The minimum Gasteiger partial charge on any atom is -0.382 e. The zero-order valence-corrected chi connectivity index (χ0v) is 15.8. The van der Waals surface area contributed by atoms with Gasteiger partial charge in [0.05, 0.1) is 11.1 Å². The van der Waals surface area contributed by atoms with Crippen LogP contribution in [0.5, 0.6) is 0 Å². The Balaban J connectivity index is 2.16. The quantitative estimate of drug-likeness (QED) is 0.404. The molecule has 0 atom stereocenters. The Kier molecular flexibility index (Phi) is 4.55. The summed E-state index contributed by atoms with van der Waals surface area (Å²) < 4.78 is 32.9. The third-order valence-electron chi connectivity index (χ3n) is 3.60. The first-order valence-corrected chi connectivity index (χ1v) is 9.48. The molecule has 140 valence electrons. The molecule has 0 bridgehead atoms. The zero-order chi connectivity index (χ0) is 19.8. The number of nitrogens with one attached hydrogen (secondary N) is 2. The minimum atomic E-state index is -4.41. The highest BCUT2D eigenvalue weighted by atomic mass is 32.2. The van der Waals surface area contributed by atoms with E-state index in [0.29, 0.717) is 16.8 Å². The van der Waals surface area contributed by atoms with Crippen LogP contribution in [0.1, 0.15) is 26.3 Å². The summed E-state index contributed by atoms with van der Waals surface area (Å²) in [5, 5.41) is 7.66. The number of nitrogens with two attached hydrogens (primary N) is 1. The lowest BCUT2D eigenvalue weighted by atomic mass is 9.96. The minimum absolute atomic E-state index is 0.00223. The molecule has 1 aromatic carbocycles. The second-order valence-corrected chi connectivity index (χ2v) is 8.22. The Labute approximate surface area is 157 Å². The molecule has 0 radical (unpaired) electrons. The van der Waals surface area contributed by atoms with Crippen molar-refractivity contribution in [3.63, 3.8) is 0 Å². The standard InChI is InChI=1S/C18H19N5O3S/c1-18(2,3)6-4-12-8-13(9-14-16(12)21-22-17(14)19)11-5-7-20-15(10-11)23-27(24,25)26/h5,7-10H,1-3H3,(H,20,23)(H3,19,21,22)(H,24,25,26). The number of aromatic amines is 1. The molecule has 0 saturated heterocycles. The molecule has 27 heavy (non-hydrogen) atoms. The lowest BCUT2D eigenvalue weighted by molar-refractivity contribution is 0.489. The summed E-state index contributed by atoms with van der Waals surface area (Å²) in [4.78, 5) is 3.89. The molecule has 0 aliphatic rings. The number of hydrogen-bond donors (Lipinski definition) is 4. The maximum absolute atomic E-state index is 11.0. The number of anilines is 2. The average Bonchev–Trinajstić information content (AvgIpc) is 2.92. The molecule has 9 heteroatoms. The third-order valence-corrected chi connectivity index (χ3v) is 4.07. The molecule has 2 aromatic heterocycles. The highest BCUT2D eigenvalue weighted by molar-refractivity contribution is 7.87. The van der Waals surface area contributed by atoms with Crippen molar-refractivity contribution in [2.24, 2.45) is 5.41 Å². The van der Waals surface area contributed by atoms with Gasteiger partial charge in [0.2, 0.25) is 0 Å². The monoisotopic (exact) mass is 385 g/mol. The second kappa shape index (κ2) is 6.57. The fourth-order valence-corrected chi connectivity index (χ4v) is 2.83. The molecule has 8 nitrogen and oxygen atoms in total. The molecule has 3 rings (SSSR count). The van der Waals surface area contributed by atoms with Crippen LogP contribution in [0.25, 0.3) is 22.0 Å². The first-order valence-electron chi connectivity index (χ1n) is 8.04. The van der Waals surface area contributed by atoms with E-state index in [9.17, 15) is 8.42 Å². The van der Waals surface area contributed by atoms with E-state index in [1.165, 1.54) is 12.3 Å². The predicted molar refractivity (Wildman–Crippen MR) is 105 cm³/mol. The summed E-state index contributed by atoms with van der Waals surface area (Å²) >= 11 is 0. The molecule has 0 saturated carbocycles. The van der Waals surface area contributed by atoms with E-state index in [0.717, 1.165) is 16.6 Å². The SMILES string of the molecule is CC(C)(C)C#Cc1cc(-c2ccnc(NS(=O)(=O)O)c2)cc2c(N)n[nH]c12. The summed E-state index contributed by atoms with van der Waals surface area (Å²) in [5.41, 5.74) is 8.67. The topological polar surface area (TPSA) is 134 Å². The van der Waals surface area contributed by atoms with Crippen LogP contribution in [0.3, 0.4) is 0 Å². The van der Waals surface area contributed by atoms with E-state index in [4.69, 9.17) is 10.3 Å².